The number of carbonyl (C=O) groups excluding carboxylic acids is 2. The Hall–Kier alpha value is -2.68. The molecular formula is C28H33ClN4O4. The van der Waals surface area contributed by atoms with Crippen LogP contribution in [0.3, 0.4) is 0 Å². The number of halogens is 1. The molecule has 37 heavy (non-hydrogen) atoms. The molecule has 3 aliphatic heterocycles. The highest BCUT2D eigenvalue weighted by atomic mass is 35.5. The molecule has 1 saturated heterocycles. The number of likely N-dealkylation sites (tertiary alicyclic amines) is 1. The first-order valence-corrected chi connectivity index (χ1v) is 13.7. The number of hydrogen-bond donors (Lipinski definition) is 2. The van der Waals surface area contributed by atoms with Crippen LogP contribution in [0.2, 0.25) is 5.02 Å². The second kappa shape index (κ2) is 9.26. The van der Waals surface area contributed by atoms with E-state index in [1.165, 1.54) is 0 Å². The number of benzene rings is 1. The molecule has 9 heteroatoms. The van der Waals surface area contributed by atoms with Crippen LogP contribution in [-0.4, -0.2) is 64.7 Å². The fourth-order valence-corrected chi connectivity index (χ4v) is 6.61. The van der Waals surface area contributed by atoms with Gasteiger partial charge in [-0.1, -0.05) is 18.5 Å². The molecule has 1 spiro atoms. The van der Waals surface area contributed by atoms with Gasteiger partial charge < -0.3 is 15.2 Å². The average molecular weight is 525 g/mol. The Balaban J connectivity index is 1.04. The molecule has 2 aromatic rings. The number of aromatic nitrogens is 1. The number of nitrogens with one attached hydrogen (secondary N) is 1. The summed E-state index contributed by atoms with van der Waals surface area (Å²) in [6.45, 7) is 4.89. The first-order valence-electron chi connectivity index (χ1n) is 13.3. The maximum atomic E-state index is 12.9. The van der Waals surface area contributed by atoms with Gasteiger partial charge in [0.05, 0.1) is 17.2 Å². The summed E-state index contributed by atoms with van der Waals surface area (Å²) in [6.07, 6.45) is 6.22. The molecule has 1 aromatic carbocycles. The Morgan fingerprint density at radius 3 is 2.73 bits per heavy atom. The molecule has 1 aliphatic carbocycles. The fourth-order valence-electron chi connectivity index (χ4n) is 6.44. The van der Waals surface area contributed by atoms with Crippen LogP contribution in [0.1, 0.15) is 56.6 Å². The highest BCUT2D eigenvalue weighted by Crippen LogP contribution is 2.46. The normalized spacial score (nSPS) is 26.5. The summed E-state index contributed by atoms with van der Waals surface area (Å²) in [7, 11) is 0. The molecule has 2 fully saturated rings. The summed E-state index contributed by atoms with van der Waals surface area (Å²) < 4.78 is 6.05. The Kier molecular flexibility index (Phi) is 6.17. The van der Waals surface area contributed by atoms with Gasteiger partial charge in [0.15, 0.2) is 0 Å². The van der Waals surface area contributed by atoms with Crippen molar-refractivity contribution in [2.24, 2.45) is 0 Å². The van der Waals surface area contributed by atoms with Crippen molar-refractivity contribution in [1.82, 2.24) is 9.88 Å². The molecule has 2 amide bonds. The lowest BCUT2D eigenvalue weighted by molar-refractivity contribution is -0.123. The maximum Gasteiger partial charge on any atom is 0.235 e. The summed E-state index contributed by atoms with van der Waals surface area (Å²) in [6, 6.07) is 7.66. The van der Waals surface area contributed by atoms with Crippen molar-refractivity contribution < 1.29 is 19.4 Å². The number of pyridine rings is 1. The third kappa shape index (κ3) is 4.29. The van der Waals surface area contributed by atoms with Crippen molar-refractivity contribution in [3.05, 3.63) is 46.6 Å². The summed E-state index contributed by atoms with van der Waals surface area (Å²) in [5, 5.41) is 14.1. The number of nitrogens with zero attached hydrogens (tertiary/aromatic N) is 3. The van der Waals surface area contributed by atoms with Crippen molar-refractivity contribution in [2.45, 2.75) is 68.9 Å². The van der Waals surface area contributed by atoms with E-state index in [2.05, 4.69) is 15.2 Å². The Labute approximate surface area is 221 Å². The summed E-state index contributed by atoms with van der Waals surface area (Å²) in [4.78, 5) is 34.2. The number of ether oxygens (including phenoxy) is 1. The zero-order chi connectivity index (χ0) is 25.8. The molecular weight excluding hydrogens is 492 g/mol. The number of aryl methyl sites for hydroxylation is 1. The van der Waals surface area contributed by atoms with E-state index in [1.807, 2.05) is 31.2 Å². The molecule has 2 N–H and O–H groups in total. The van der Waals surface area contributed by atoms with Crippen LogP contribution < -0.4 is 15.0 Å². The van der Waals surface area contributed by atoms with Gasteiger partial charge in [-0.2, -0.15) is 0 Å². The van der Waals surface area contributed by atoms with Gasteiger partial charge in [0.25, 0.3) is 0 Å². The van der Waals surface area contributed by atoms with E-state index in [9.17, 15) is 14.7 Å². The van der Waals surface area contributed by atoms with E-state index in [0.717, 1.165) is 49.3 Å². The Morgan fingerprint density at radius 2 is 1.97 bits per heavy atom. The van der Waals surface area contributed by atoms with Crippen molar-refractivity contribution in [3.8, 4) is 5.75 Å². The highest BCUT2D eigenvalue weighted by Gasteiger charge is 2.49. The van der Waals surface area contributed by atoms with Gasteiger partial charge >= 0.3 is 0 Å². The lowest BCUT2D eigenvalue weighted by atomic mass is 9.73. The van der Waals surface area contributed by atoms with Crippen molar-refractivity contribution in [3.63, 3.8) is 0 Å². The van der Waals surface area contributed by atoms with Gasteiger partial charge in [-0.25, -0.2) is 4.98 Å². The lowest BCUT2D eigenvalue weighted by Gasteiger charge is -2.49. The second-order valence-corrected chi connectivity index (χ2v) is 11.4. The van der Waals surface area contributed by atoms with Gasteiger partial charge in [-0.3, -0.25) is 19.4 Å². The summed E-state index contributed by atoms with van der Waals surface area (Å²) in [5.74, 6) is 1.58. The smallest absolute Gasteiger partial charge is 0.235 e. The third-order valence-corrected chi connectivity index (χ3v) is 9.08. The Morgan fingerprint density at radius 1 is 1.19 bits per heavy atom. The largest absolute Gasteiger partial charge is 0.491 e. The van der Waals surface area contributed by atoms with Gasteiger partial charge in [-0.05, 0) is 87.0 Å². The molecule has 6 rings (SSSR count). The molecule has 1 saturated carbocycles. The standard InChI is InChI=1S/C28H33ClN4O4/c1-2-27(36)15-20(16-27)33-24(34)6-3-18-13-21(17-30-25(18)33)37-12-11-32-9-7-28(8-10-32)22-14-19(29)4-5-23(22)31-26(28)35/h4-5,13-14,17,20,36H,2-3,6-12,15-16H2,1H3,(H,31,35). The van der Waals surface area contributed by atoms with Crippen molar-refractivity contribution in [2.75, 3.05) is 36.5 Å². The molecule has 196 valence electrons. The average Bonchev–Trinajstić information content (AvgIpc) is 3.14. The number of rotatable bonds is 6. The fraction of sp³-hybridized carbons (Fsp3) is 0.536. The topological polar surface area (TPSA) is 95.0 Å². The maximum absolute atomic E-state index is 12.9. The monoisotopic (exact) mass is 524 g/mol. The molecule has 0 bridgehead atoms. The molecule has 1 aromatic heterocycles. The minimum atomic E-state index is -0.655. The number of aliphatic hydroxyl groups is 1. The zero-order valence-electron chi connectivity index (χ0n) is 21.1. The second-order valence-electron chi connectivity index (χ2n) is 11.0. The molecule has 8 nitrogen and oxygen atoms in total. The van der Waals surface area contributed by atoms with Gasteiger partial charge in [-0.15, -0.1) is 0 Å². The lowest BCUT2D eigenvalue weighted by Crippen LogP contribution is -2.58. The van der Waals surface area contributed by atoms with E-state index < -0.39 is 11.0 Å². The van der Waals surface area contributed by atoms with Crippen LogP contribution in [0.4, 0.5) is 11.5 Å². The first kappa shape index (κ1) is 24.6. The van der Waals surface area contributed by atoms with Crippen LogP contribution in [0.25, 0.3) is 0 Å². The number of anilines is 2. The van der Waals surface area contributed by atoms with Crippen molar-refractivity contribution in [1.29, 1.82) is 0 Å². The highest BCUT2D eigenvalue weighted by molar-refractivity contribution is 6.31. The van der Waals surface area contributed by atoms with Gasteiger partial charge in [0, 0.05) is 29.7 Å². The van der Waals surface area contributed by atoms with E-state index in [-0.39, 0.29) is 17.9 Å². The van der Waals surface area contributed by atoms with Crippen LogP contribution in [0.5, 0.6) is 5.75 Å². The molecule has 4 aliphatic rings. The van der Waals surface area contributed by atoms with Crippen LogP contribution in [0, 0.1) is 0 Å². The molecule has 0 radical (unpaired) electrons. The Bertz CT molecular complexity index is 1240. The van der Waals surface area contributed by atoms with Gasteiger partial charge in [0.1, 0.15) is 18.2 Å². The van der Waals surface area contributed by atoms with E-state index in [4.69, 9.17) is 16.3 Å². The summed E-state index contributed by atoms with van der Waals surface area (Å²) >= 11 is 6.23. The SMILES string of the molecule is CCC1(O)CC(N2C(=O)CCc3cc(OCCN4CCC5(CC4)C(=O)Nc4ccc(Cl)cc45)cnc32)C1. The zero-order valence-corrected chi connectivity index (χ0v) is 21.9. The van der Waals surface area contributed by atoms with Crippen LogP contribution >= 0.6 is 11.6 Å². The molecule has 0 atom stereocenters. The van der Waals surface area contributed by atoms with Crippen LogP contribution in [-0.2, 0) is 21.4 Å². The quantitative estimate of drug-likeness (QED) is 0.598. The predicted octanol–water partition coefficient (Wildman–Crippen LogP) is 3.68. The minimum absolute atomic E-state index is 0.0168. The number of piperidine rings is 1. The predicted molar refractivity (Wildman–Crippen MR) is 141 cm³/mol. The first-order chi connectivity index (χ1) is 17.8. The minimum Gasteiger partial charge on any atom is -0.491 e. The van der Waals surface area contributed by atoms with Crippen molar-refractivity contribution >= 4 is 34.9 Å². The molecule has 0 unspecified atom stereocenters. The number of fused-ring (bicyclic) bond motifs is 3. The number of hydrogen-bond acceptors (Lipinski definition) is 6. The van der Waals surface area contributed by atoms with E-state index in [1.54, 1.807) is 11.1 Å². The number of carbonyl (C=O) groups is 2. The van der Waals surface area contributed by atoms with E-state index in [0.29, 0.717) is 55.3 Å². The number of amides is 2. The van der Waals surface area contributed by atoms with Crippen LogP contribution in [0.15, 0.2) is 30.5 Å². The van der Waals surface area contributed by atoms with Gasteiger partial charge in [0.2, 0.25) is 11.8 Å². The third-order valence-electron chi connectivity index (χ3n) is 8.84. The molecule has 4 heterocycles. The summed E-state index contributed by atoms with van der Waals surface area (Å²) in [5.41, 5.74) is 1.78. The van der Waals surface area contributed by atoms with E-state index >= 15 is 0 Å².